The van der Waals surface area contributed by atoms with Crippen molar-refractivity contribution in [3.8, 4) is 0 Å². The molecule has 1 aromatic rings. The van der Waals surface area contributed by atoms with Crippen molar-refractivity contribution in [3.05, 3.63) is 42.4 Å². The maximum absolute atomic E-state index is 3.99. The van der Waals surface area contributed by atoms with E-state index in [0.29, 0.717) is 18.0 Å². The summed E-state index contributed by atoms with van der Waals surface area (Å²) in [6, 6.07) is 7.15. The summed E-state index contributed by atoms with van der Waals surface area (Å²) in [6.07, 6.45) is 14.9. The van der Waals surface area contributed by atoms with Crippen LogP contribution in [0.3, 0.4) is 0 Å². The Kier molecular flexibility index (Phi) is 32.9. The second kappa shape index (κ2) is 35.0. The number of likely N-dealkylation sites (N-methyl/N-ethyl adjacent to an activating group) is 2. The second-order valence-electron chi connectivity index (χ2n) is 23.2. The van der Waals surface area contributed by atoms with Gasteiger partial charge < -0.3 is 36.7 Å². The molecular formula is C56H112N12Y-2. The van der Waals surface area contributed by atoms with Crippen LogP contribution in [0.2, 0.25) is 0 Å². The fourth-order valence-corrected chi connectivity index (χ4v) is 11.2. The van der Waals surface area contributed by atoms with Gasteiger partial charge in [0.05, 0.1) is 0 Å². The number of aromatic amines is 1. The maximum atomic E-state index is 3.99. The van der Waals surface area contributed by atoms with Gasteiger partial charge in [0.1, 0.15) is 0 Å². The van der Waals surface area contributed by atoms with E-state index in [2.05, 4.69) is 177 Å². The number of piperazine rings is 1. The summed E-state index contributed by atoms with van der Waals surface area (Å²) in [7, 11) is 13.0. The quantitative estimate of drug-likeness (QED) is 0.136. The molecule has 12 nitrogen and oxygen atoms in total. The molecule has 1 radical (unpaired) electrons. The van der Waals surface area contributed by atoms with Crippen molar-refractivity contribution in [2.24, 2.45) is 11.8 Å². The van der Waals surface area contributed by atoms with Gasteiger partial charge in [-0.25, -0.2) is 0 Å². The van der Waals surface area contributed by atoms with Gasteiger partial charge in [-0.3, -0.25) is 30.6 Å². The molecule has 5 fully saturated rings. The zero-order valence-electron chi connectivity index (χ0n) is 48.2. The first kappa shape index (κ1) is 64.8. The molecule has 0 spiro atoms. The van der Waals surface area contributed by atoms with Crippen LogP contribution in [0.4, 0.5) is 0 Å². The normalized spacial score (nSPS) is 24.7. The SMILES string of the molecule is CC(C)C1=CCN(Cc2ccn[nH]2)CC1.CC(C)N1CCCC(CN(C)C)C1.CC(C)N1CCN2CCC(N(C)C)C2C1.CNC[C@H]1CCCN1C(C)C.[CH2-]CN(C[C-]1CCN(C)CC1)C(C)C.[Y]. The summed E-state index contributed by atoms with van der Waals surface area (Å²) in [5.41, 5.74) is 2.81. The van der Waals surface area contributed by atoms with Crippen LogP contribution in [0.5, 0.6) is 0 Å². The van der Waals surface area contributed by atoms with Crippen LogP contribution in [0.15, 0.2) is 23.9 Å². The van der Waals surface area contributed by atoms with Gasteiger partial charge in [-0.2, -0.15) is 17.9 Å². The molecule has 0 amide bonds. The molecule has 5 saturated heterocycles. The molecule has 2 N–H and O–H groups in total. The molecule has 4 atom stereocenters. The molecule has 7 heterocycles. The van der Waals surface area contributed by atoms with Crippen LogP contribution in [0.25, 0.3) is 0 Å². The van der Waals surface area contributed by atoms with E-state index in [0.717, 1.165) is 68.9 Å². The van der Waals surface area contributed by atoms with Crippen molar-refractivity contribution in [1.82, 2.24) is 59.6 Å². The Labute approximate surface area is 453 Å². The number of likely N-dealkylation sites (tertiary alicyclic amines) is 3. The maximum Gasteiger partial charge on any atom is 0.0492 e. The average Bonchev–Trinajstić information content (AvgIpc) is 4.09. The molecule has 7 rings (SSSR count). The van der Waals surface area contributed by atoms with E-state index in [1.165, 1.54) is 129 Å². The zero-order chi connectivity index (χ0) is 50.3. The van der Waals surface area contributed by atoms with Crippen molar-refractivity contribution in [2.75, 3.05) is 140 Å². The van der Waals surface area contributed by atoms with E-state index < -0.39 is 0 Å². The van der Waals surface area contributed by atoms with Crippen LogP contribution in [0, 0.1) is 24.7 Å². The molecule has 0 saturated carbocycles. The number of aromatic nitrogens is 2. The molecule has 1 aromatic heterocycles. The third-order valence-corrected chi connectivity index (χ3v) is 15.7. The molecule has 0 aliphatic carbocycles. The van der Waals surface area contributed by atoms with Crippen molar-refractivity contribution in [2.45, 2.75) is 169 Å². The van der Waals surface area contributed by atoms with Gasteiger partial charge in [0.2, 0.25) is 0 Å². The van der Waals surface area contributed by atoms with Gasteiger partial charge in [0.15, 0.2) is 0 Å². The number of piperidine rings is 2. The molecule has 69 heavy (non-hydrogen) atoms. The topological polar surface area (TPSA) is 69.9 Å². The molecule has 0 aromatic carbocycles. The molecule has 6 aliphatic rings. The van der Waals surface area contributed by atoms with Gasteiger partial charge in [0, 0.05) is 146 Å². The number of H-pyrrole nitrogens is 1. The van der Waals surface area contributed by atoms with Crippen molar-refractivity contribution >= 4 is 0 Å². The first-order valence-corrected chi connectivity index (χ1v) is 27.7. The van der Waals surface area contributed by atoms with E-state index in [1.807, 2.05) is 19.3 Å². The summed E-state index contributed by atoms with van der Waals surface area (Å²) >= 11 is 0. The number of nitrogens with one attached hydrogen (secondary N) is 2. The third kappa shape index (κ3) is 24.3. The van der Waals surface area contributed by atoms with Crippen LogP contribution in [-0.2, 0) is 39.3 Å². The Morgan fingerprint density at radius 3 is 2.00 bits per heavy atom. The van der Waals surface area contributed by atoms with Crippen molar-refractivity contribution < 1.29 is 32.7 Å². The molecule has 401 valence electrons. The standard InChI is InChI=1S/C12H25N3.C12H19N3.C12H24N2.C11H24N2.C9H20N2.Y/c1-10(2)15-8-7-14-6-5-11(13(3)4)12(14)9-15;1-10(2)11-4-7-15(8-5-11)9-12-3-6-13-14-12;1-5-14(11(2)3)10-12-6-8-13(4)9-7-12;1-10(2)13-7-5-6-11(9-13)8-12(3)4;1-8(2)11-6-4-5-9(11)7-10-3;/h10-12H,5-9H2,1-4H3;3-4,6,10H,5,7-9H2,1-2H3,(H,13,14);11H,1,5-10H2,2-4H3;10-11H,5-9H2,1-4H3;8-10H,4-7H2,1-3H3;/q;;-2;;;/t;;;;9-;/m....1./s1. The number of fused-ring (bicyclic) bond motifs is 1. The summed E-state index contributed by atoms with van der Waals surface area (Å²) < 4.78 is 0. The molecule has 3 unspecified atom stereocenters. The minimum Gasteiger partial charge on any atom is -0.360 e. The molecule has 13 heteroatoms. The number of nitrogens with zero attached hydrogens (tertiary/aromatic N) is 10. The minimum atomic E-state index is 0. The Morgan fingerprint density at radius 2 is 1.48 bits per heavy atom. The van der Waals surface area contributed by atoms with E-state index in [1.54, 1.807) is 11.5 Å². The predicted molar refractivity (Wildman–Crippen MR) is 294 cm³/mol. The summed E-state index contributed by atoms with van der Waals surface area (Å²) in [5, 5.41) is 10.2. The van der Waals surface area contributed by atoms with E-state index in [4.69, 9.17) is 0 Å². The van der Waals surface area contributed by atoms with Crippen LogP contribution < -0.4 is 5.32 Å². The fourth-order valence-electron chi connectivity index (χ4n) is 11.2. The second-order valence-corrected chi connectivity index (χ2v) is 23.2. The molecule has 0 bridgehead atoms. The van der Waals surface area contributed by atoms with Gasteiger partial charge >= 0.3 is 0 Å². The number of hydrogen-bond donors (Lipinski definition) is 2. The average molecular weight is 1040 g/mol. The fraction of sp³-hybridized carbons (Fsp3) is 0.875. The van der Waals surface area contributed by atoms with Crippen molar-refractivity contribution in [3.63, 3.8) is 0 Å². The summed E-state index contributed by atoms with van der Waals surface area (Å²) in [5.74, 6) is 3.31. The predicted octanol–water partition coefficient (Wildman–Crippen LogP) is 7.49. The third-order valence-electron chi connectivity index (χ3n) is 15.7. The smallest absolute Gasteiger partial charge is 0.0492 e. The van der Waals surface area contributed by atoms with Gasteiger partial charge in [0.25, 0.3) is 0 Å². The number of rotatable bonds is 15. The van der Waals surface area contributed by atoms with Crippen LogP contribution in [0.1, 0.15) is 126 Å². The molecule has 6 aliphatic heterocycles. The summed E-state index contributed by atoms with van der Waals surface area (Å²) in [4.78, 5) is 22.5. The van der Waals surface area contributed by atoms with Crippen LogP contribution >= 0.6 is 0 Å². The zero-order valence-corrected chi connectivity index (χ0v) is 51.0. The van der Waals surface area contributed by atoms with Gasteiger partial charge in [-0.1, -0.05) is 39.3 Å². The minimum absolute atomic E-state index is 0. The van der Waals surface area contributed by atoms with E-state index in [-0.39, 0.29) is 32.7 Å². The Morgan fingerprint density at radius 1 is 0.812 bits per heavy atom. The largest absolute Gasteiger partial charge is 0.360 e. The first-order valence-electron chi connectivity index (χ1n) is 27.7. The van der Waals surface area contributed by atoms with E-state index >= 15 is 0 Å². The van der Waals surface area contributed by atoms with Crippen LogP contribution in [-0.4, -0.2) is 237 Å². The first-order chi connectivity index (χ1) is 32.3. The van der Waals surface area contributed by atoms with E-state index in [9.17, 15) is 0 Å². The Bertz CT molecular complexity index is 1430. The number of hydrogen-bond acceptors (Lipinski definition) is 11. The van der Waals surface area contributed by atoms with Gasteiger partial charge in [-0.05, 0) is 172 Å². The Hall–Kier alpha value is -0.346. The van der Waals surface area contributed by atoms with Gasteiger partial charge in [-0.15, -0.1) is 13.1 Å². The van der Waals surface area contributed by atoms with Crippen molar-refractivity contribution in [1.29, 1.82) is 0 Å². The summed E-state index contributed by atoms with van der Waals surface area (Å²) in [6.45, 7) is 46.0. The molecular weight excluding hydrogens is 930 g/mol. The Balaban J connectivity index is 0.000000296. The monoisotopic (exact) mass is 1040 g/mol.